The molecule has 3 atom stereocenters. The standard InChI is InChI=1S/C35H50ClN7O4Si/c1-34(2,3)47-33(44)38-22-15-23-9-10-24(16-22)43(23)29-17-37-31-26(18-41(32(31)39-29)21-46-13-14-48(6,7)8)25-11-12-28-27(30(25)36)19-42(40-28)20-35(4,5)45/h11-12,17-19,22-24,45H,9-10,13-16,20-21H2,1-8H3,(H,38,44)/t22?,23-,24+. The fourth-order valence-corrected chi connectivity index (χ4v) is 8.00. The van der Waals surface area contributed by atoms with E-state index in [-0.39, 0.29) is 24.2 Å². The van der Waals surface area contributed by atoms with Crippen LogP contribution in [0.4, 0.5) is 10.6 Å². The van der Waals surface area contributed by atoms with Crippen LogP contribution < -0.4 is 10.2 Å². The Hall–Kier alpha value is -3.19. The van der Waals surface area contributed by atoms with Gasteiger partial charge in [-0.25, -0.2) is 14.8 Å². The van der Waals surface area contributed by atoms with Crippen molar-refractivity contribution in [3.05, 3.63) is 35.7 Å². The minimum Gasteiger partial charge on any atom is -0.444 e. The first-order chi connectivity index (χ1) is 22.4. The molecule has 2 aliphatic rings. The molecular formula is C35H50ClN7O4Si. The van der Waals surface area contributed by atoms with E-state index in [9.17, 15) is 9.90 Å². The smallest absolute Gasteiger partial charge is 0.407 e. The lowest BCUT2D eigenvalue weighted by Gasteiger charge is -2.39. The maximum Gasteiger partial charge on any atom is 0.407 e. The van der Waals surface area contributed by atoms with E-state index in [1.165, 1.54) is 0 Å². The zero-order valence-electron chi connectivity index (χ0n) is 29.5. The number of piperidine rings is 1. The Morgan fingerprint density at radius 2 is 1.79 bits per heavy atom. The van der Waals surface area contributed by atoms with E-state index in [2.05, 4.69) is 35.0 Å². The van der Waals surface area contributed by atoms with Crippen molar-refractivity contribution in [1.82, 2.24) is 29.6 Å². The molecule has 0 radical (unpaired) electrons. The molecule has 260 valence electrons. The van der Waals surface area contributed by atoms with Crippen LogP contribution in [0.5, 0.6) is 0 Å². The number of ether oxygens (including phenoxy) is 2. The van der Waals surface area contributed by atoms with Gasteiger partial charge in [0.05, 0.1) is 28.9 Å². The van der Waals surface area contributed by atoms with Gasteiger partial charge in [0.25, 0.3) is 0 Å². The van der Waals surface area contributed by atoms with E-state index < -0.39 is 19.3 Å². The zero-order valence-corrected chi connectivity index (χ0v) is 31.3. The number of rotatable bonds is 10. The molecule has 13 heteroatoms. The first kappa shape index (κ1) is 34.7. The Bertz CT molecular complexity index is 1790. The number of aromatic nitrogens is 5. The van der Waals surface area contributed by atoms with E-state index in [4.69, 9.17) is 31.0 Å². The van der Waals surface area contributed by atoms with Crippen LogP contribution in [0.15, 0.2) is 30.7 Å². The summed E-state index contributed by atoms with van der Waals surface area (Å²) in [6.45, 7) is 17.6. The Kier molecular flexibility index (Phi) is 9.33. The van der Waals surface area contributed by atoms with E-state index >= 15 is 0 Å². The van der Waals surface area contributed by atoms with Gasteiger partial charge in [0.15, 0.2) is 5.65 Å². The number of fused-ring (bicyclic) bond motifs is 4. The van der Waals surface area contributed by atoms with Gasteiger partial charge in [-0.2, -0.15) is 5.10 Å². The number of hydrogen-bond donors (Lipinski definition) is 2. The van der Waals surface area contributed by atoms with Gasteiger partial charge >= 0.3 is 6.09 Å². The van der Waals surface area contributed by atoms with Gasteiger partial charge in [-0.05, 0) is 72.4 Å². The lowest BCUT2D eigenvalue weighted by molar-refractivity contribution is 0.0491. The van der Waals surface area contributed by atoms with Crippen LogP contribution in [0.1, 0.15) is 60.3 Å². The highest BCUT2D eigenvalue weighted by molar-refractivity contribution is 6.76. The second-order valence-corrected chi connectivity index (χ2v) is 22.4. The number of alkyl carbamates (subject to hydrolysis) is 1. The minimum atomic E-state index is -1.26. The molecule has 0 aliphatic carbocycles. The molecule has 11 nitrogen and oxygen atoms in total. The summed E-state index contributed by atoms with van der Waals surface area (Å²) >= 11 is 7.08. The number of carbonyl (C=O) groups is 1. The Labute approximate surface area is 289 Å². The number of anilines is 1. The number of halogens is 1. The Balaban J connectivity index is 1.31. The third kappa shape index (κ3) is 7.82. The maximum absolute atomic E-state index is 12.5. The highest BCUT2D eigenvalue weighted by Crippen LogP contribution is 2.41. The molecule has 4 aromatic rings. The number of amides is 1. The normalized spacial score (nSPS) is 20.2. The van der Waals surface area contributed by atoms with Gasteiger partial charge in [0, 0.05) is 61.7 Å². The lowest BCUT2D eigenvalue weighted by Crippen LogP contribution is -2.51. The van der Waals surface area contributed by atoms with Crippen molar-refractivity contribution in [3.63, 3.8) is 0 Å². The van der Waals surface area contributed by atoms with Crippen LogP contribution in [0, 0.1) is 0 Å². The Morgan fingerprint density at radius 1 is 1.08 bits per heavy atom. The third-order valence-corrected chi connectivity index (χ3v) is 11.1. The average molecular weight is 696 g/mol. The summed E-state index contributed by atoms with van der Waals surface area (Å²) in [6, 6.07) is 5.58. The van der Waals surface area contributed by atoms with Gasteiger partial charge in [-0.15, -0.1) is 0 Å². The molecule has 2 bridgehead atoms. The molecule has 0 saturated carbocycles. The molecule has 5 heterocycles. The van der Waals surface area contributed by atoms with Crippen molar-refractivity contribution in [2.24, 2.45) is 0 Å². The summed E-state index contributed by atoms with van der Waals surface area (Å²) in [5, 5.41) is 19.5. The zero-order chi connectivity index (χ0) is 34.6. The second-order valence-electron chi connectivity index (χ2n) is 16.4. The highest BCUT2D eigenvalue weighted by Gasteiger charge is 2.42. The predicted molar refractivity (Wildman–Crippen MR) is 193 cm³/mol. The molecule has 2 fully saturated rings. The second kappa shape index (κ2) is 12.9. The largest absolute Gasteiger partial charge is 0.444 e. The summed E-state index contributed by atoms with van der Waals surface area (Å²) < 4.78 is 15.5. The molecule has 3 aromatic heterocycles. The summed E-state index contributed by atoms with van der Waals surface area (Å²) in [5.74, 6) is 0.841. The molecule has 2 aliphatic heterocycles. The van der Waals surface area contributed by atoms with Crippen LogP contribution in [0.25, 0.3) is 33.2 Å². The first-order valence-electron chi connectivity index (χ1n) is 17.0. The van der Waals surface area contributed by atoms with Gasteiger partial charge in [0.1, 0.15) is 23.7 Å². The summed E-state index contributed by atoms with van der Waals surface area (Å²) in [7, 11) is -1.26. The molecule has 2 saturated heterocycles. The van der Waals surface area contributed by atoms with Crippen LogP contribution in [0.3, 0.4) is 0 Å². The van der Waals surface area contributed by atoms with Crippen molar-refractivity contribution < 1.29 is 19.4 Å². The number of carbonyl (C=O) groups excluding carboxylic acids is 1. The van der Waals surface area contributed by atoms with E-state index in [0.717, 1.165) is 70.7 Å². The SMILES string of the molecule is CC(C)(O)Cn1cc2c(Cl)c(-c3cn(COCC[Si](C)(C)C)c4nc(N5[C@@H]6CC[C@H]5CC(NC(=O)OC(C)(C)C)C6)cnc34)ccc2n1. The van der Waals surface area contributed by atoms with Crippen molar-refractivity contribution in [2.75, 3.05) is 11.5 Å². The number of benzene rings is 1. The number of nitrogens with zero attached hydrogens (tertiary/aromatic N) is 6. The average Bonchev–Trinajstić information content (AvgIpc) is 3.60. The summed E-state index contributed by atoms with van der Waals surface area (Å²) in [4.78, 5) is 25.2. The van der Waals surface area contributed by atoms with E-state index in [1.54, 1.807) is 18.5 Å². The molecule has 1 unspecified atom stereocenters. The van der Waals surface area contributed by atoms with Gasteiger partial charge in [-0.1, -0.05) is 37.3 Å². The van der Waals surface area contributed by atoms with Gasteiger partial charge < -0.3 is 29.4 Å². The summed E-state index contributed by atoms with van der Waals surface area (Å²) in [5.41, 5.74) is 2.55. The van der Waals surface area contributed by atoms with Crippen LogP contribution >= 0.6 is 11.6 Å². The van der Waals surface area contributed by atoms with Crippen molar-refractivity contribution in [2.45, 2.75) is 129 Å². The van der Waals surface area contributed by atoms with Crippen LogP contribution in [-0.2, 0) is 22.7 Å². The van der Waals surface area contributed by atoms with E-state index in [0.29, 0.717) is 24.9 Å². The monoisotopic (exact) mass is 695 g/mol. The molecule has 0 spiro atoms. The Morgan fingerprint density at radius 3 is 2.44 bits per heavy atom. The molecule has 2 N–H and O–H groups in total. The van der Waals surface area contributed by atoms with Crippen LogP contribution in [0.2, 0.25) is 30.7 Å². The maximum atomic E-state index is 12.5. The van der Waals surface area contributed by atoms with Crippen molar-refractivity contribution in [3.8, 4) is 11.1 Å². The molecular weight excluding hydrogens is 646 g/mol. The topological polar surface area (TPSA) is 120 Å². The molecule has 6 rings (SSSR count). The molecule has 1 amide bonds. The van der Waals surface area contributed by atoms with Crippen molar-refractivity contribution in [1.29, 1.82) is 0 Å². The number of aliphatic hydroxyl groups is 1. The van der Waals surface area contributed by atoms with Gasteiger partial charge in [0.2, 0.25) is 0 Å². The number of hydrogen-bond acceptors (Lipinski definition) is 8. The highest BCUT2D eigenvalue weighted by atomic mass is 35.5. The number of nitrogens with one attached hydrogen (secondary N) is 1. The minimum absolute atomic E-state index is 0.0605. The fraction of sp³-hybridized carbons (Fsp3) is 0.600. The van der Waals surface area contributed by atoms with Crippen molar-refractivity contribution >= 4 is 53.7 Å². The van der Waals surface area contributed by atoms with Crippen LogP contribution in [-0.4, -0.2) is 79.5 Å². The molecule has 1 aromatic carbocycles. The third-order valence-electron chi connectivity index (χ3n) is 9.01. The van der Waals surface area contributed by atoms with E-state index in [1.807, 2.05) is 56.1 Å². The quantitative estimate of drug-likeness (QED) is 0.132. The lowest BCUT2D eigenvalue weighted by atomic mass is 9.97. The summed E-state index contributed by atoms with van der Waals surface area (Å²) in [6.07, 6.45) is 9.20. The predicted octanol–water partition coefficient (Wildman–Crippen LogP) is 7.21. The first-order valence-corrected chi connectivity index (χ1v) is 21.1. The fourth-order valence-electron chi connectivity index (χ4n) is 6.94. The van der Waals surface area contributed by atoms with Gasteiger partial charge in [-0.3, -0.25) is 4.68 Å². The molecule has 48 heavy (non-hydrogen) atoms.